The van der Waals surface area contributed by atoms with Crippen molar-refractivity contribution in [3.8, 4) is 0 Å². The zero-order valence-electron chi connectivity index (χ0n) is 14.4. The van der Waals surface area contributed by atoms with Gasteiger partial charge in [-0.2, -0.15) is 0 Å². The molecular weight excluding hydrogens is 391 g/mol. The van der Waals surface area contributed by atoms with Gasteiger partial charge in [0, 0.05) is 6.42 Å². The molecule has 1 atom stereocenters. The van der Waals surface area contributed by atoms with E-state index in [0.717, 1.165) is 12.6 Å². The summed E-state index contributed by atoms with van der Waals surface area (Å²) in [6.07, 6.45) is 1.48. The minimum atomic E-state index is -1.77. The Morgan fingerprint density at radius 1 is 0.680 bits per heavy atom. The van der Waals surface area contributed by atoms with E-state index in [1.165, 1.54) is 15.9 Å². The predicted octanol–water partition coefficient (Wildman–Crippen LogP) is 0.755. The summed E-state index contributed by atoms with van der Waals surface area (Å²) in [5.74, 6) is 0. The molecule has 0 radical (unpaired) electrons. The number of aliphatic hydroxyl groups excluding tert-OH is 1. The van der Waals surface area contributed by atoms with Crippen molar-refractivity contribution in [1.82, 2.24) is 0 Å². The summed E-state index contributed by atoms with van der Waals surface area (Å²) in [6, 6.07) is 32.4. The number of rotatable bonds is 6. The largest absolute Gasteiger partial charge is 1.00 e. The molecule has 1 unspecified atom stereocenters. The van der Waals surface area contributed by atoms with Crippen LogP contribution in [0.2, 0.25) is 0 Å². The highest BCUT2D eigenvalue weighted by molar-refractivity contribution is 7.95. The molecule has 0 heterocycles. The standard InChI is InChI=1S/C22H24OP.BrH/c1-19(23)17-18-24(20-11-5-2-6-12-20,21-13-7-3-8-14-21)22-15-9-4-10-16-22;/h2-16,19,23H,17-18H2,1H3;1H/q+1;/p-1. The summed E-state index contributed by atoms with van der Waals surface area (Å²) in [5, 5.41) is 14.1. The quantitative estimate of drug-likeness (QED) is 0.590. The molecule has 0 bridgehead atoms. The van der Waals surface area contributed by atoms with Gasteiger partial charge >= 0.3 is 0 Å². The fraction of sp³-hybridized carbons (Fsp3) is 0.182. The summed E-state index contributed by atoms with van der Waals surface area (Å²) < 4.78 is 0. The van der Waals surface area contributed by atoms with Crippen LogP contribution in [-0.2, 0) is 0 Å². The molecule has 0 aromatic heterocycles. The van der Waals surface area contributed by atoms with E-state index in [2.05, 4.69) is 91.0 Å². The predicted molar refractivity (Wildman–Crippen MR) is 106 cm³/mol. The molecule has 3 rings (SSSR count). The maximum Gasteiger partial charge on any atom is 0.112 e. The lowest BCUT2D eigenvalue weighted by atomic mass is 10.3. The summed E-state index contributed by atoms with van der Waals surface area (Å²) in [4.78, 5) is 0. The Balaban J connectivity index is 0.00000225. The Kier molecular flexibility index (Phi) is 7.38. The molecule has 3 heteroatoms. The molecular formula is C22H24BrOP. The van der Waals surface area contributed by atoms with Gasteiger partial charge in [-0.25, -0.2) is 0 Å². The number of halogens is 1. The molecule has 3 aromatic rings. The van der Waals surface area contributed by atoms with Crippen molar-refractivity contribution in [2.75, 3.05) is 6.16 Å². The zero-order chi connectivity index (χ0) is 16.8. The second kappa shape index (κ2) is 9.29. The fourth-order valence-electron chi connectivity index (χ4n) is 3.26. The lowest BCUT2D eigenvalue weighted by Crippen LogP contribution is -3.00. The van der Waals surface area contributed by atoms with Crippen LogP contribution in [0, 0.1) is 0 Å². The first-order chi connectivity index (χ1) is 11.7. The van der Waals surface area contributed by atoms with Crippen molar-refractivity contribution < 1.29 is 22.1 Å². The average molecular weight is 415 g/mol. The second-order valence-electron chi connectivity index (χ2n) is 6.18. The van der Waals surface area contributed by atoms with Crippen molar-refractivity contribution >= 4 is 23.2 Å². The summed E-state index contributed by atoms with van der Waals surface area (Å²) in [6.45, 7) is 1.88. The molecule has 0 spiro atoms. The van der Waals surface area contributed by atoms with Gasteiger partial charge in [0.25, 0.3) is 0 Å². The molecule has 0 amide bonds. The molecule has 0 aliphatic rings. The van der Waals surface area contributed by atoms with Crippen molar-refractivity contribution in [3.05, 3.63) is 91.0 Å². The van der Waals surface area contributed by atoms with Gasteiger partial charge in [-0.05, 0) is 43.3 Å². The molecule has 3 aromatic carbocycles. The molecule has 0 saturated carbocycles. The van der Waals surface area contributed by atoms with Crippen molar-refractivity contribution in [3.63, 3.8) is 0 Å². The minimum Gasteiger partial charge on any atom is -1.00 e. The fourth-order valence-corrected chi connectivity index (χ4v) is 7.74. The van der Waals surface area contributed by atoms with Crippen LogP contribution in [-0.4, -0.2) is 17.4 Å². The first kappa shape index (κ1) is 19.8. The van der Waals surface area contributed by atoms with Gasteiger partial charge in [-0.3, -0.25) is 0 Å². The van der Waals surface area contributed by atoms with Gasteiger partial charge in [-0.15, -0.1) is 0 Å². The molecule has 0 fully saturated rings. The molecule has 0 aliphatic heterocycles. The Morgan fingerprint density at radius 3 is 1.28 bits per heavy atom. The van der Waals surface area contributed by atoms with Crippen LogP contribution in [0.5, 0.6) is 0 Å². The van der Waals surface area contributed by atoms with Crippen molar-refractivity contribution in [2.24, 2.45) is 0 Å². The van der Waals surface area contributed by atoms with E-state index < -0.39 is 7.26 Å². The van der Waals surface area contributed by atoms with Crippen LogP contribution in [0.1, 0.15) is 13.3 Å². The van der Waals surface area contributed by atoms with Crippen LogP contribution >= 0.6 is 7.26 Å². The number of hydrogen-bond donors (Lipinski definition) is 1. The van der Waals surface area contributed by atoms with E-state index in [0.29, 0.717) is 0 Å². The first-order valence-electron chi connectivity index (χ1n) is 8.46. The Labute approximate surface area is 161 Å². The zero-order valence-corrected chi connectivity index (χ0v) is 16.9. The molecule has 25 heavy (non-hydrogen) atoms. The van der Waals surface area contributed by atoms with E-state index in [-0.39, 0.29) is 23.1 Å². The number of aliphatic hydroxyl groups is 1. The third kappa shape index (κ3) is 4.39. The lowest BCUT2D eigenvalue weighted by molar-refractivity contribution is -0.00000698. The van der Waals surface area contributed by atoms with E-state index >= 15 is 0 Å². The van der Waals surface area contributed by atoms with E-state index in [1.54, 1.807) is 0 Å². The number of benzene rings is 3. The third-order valence-electron chi connectivity index (χ3n) is 4.47. The monoisotopic (exact) mass is 414 g/mol. The maximum atomic E-state index is 9.97. The summed E-state index contributed by atoms with van der Waals surface area (Å²) in [7, 11) is -1.77. The lowest BCUT2D eigenvalue weighted by Gasteiger charge is -2.28. The Morgan fingerprint density at radius 2 is 1.00 bits per heavy atom. The third-order valence-corrected chi connectivity index (χ3v) is 8.94. The second-order valence-corrected chi connectivity index (χ2v) is 9.79. The Bertz CT molecular complexity index is 648. The van der Waals surface area contributed by atoms with E-state index in [4.69, 9.17) is 0 Å². The first-order valence-corrected chi connectivity index (χ1v) is 10.4. The average Bonchev–Trinajstić information content (AvgIpc) is 2.65. The van der Waals surface area contributed by atoms with Gasteiger partial charge in [0.15, 0.2) is 0 Å². The highest BCUT2D eigenvalue weighted by Gasteiger charge is 2.44. The highest BCUT2D eigenvalue weighted by Crippen LogP contribution is 2.55. The van der Waals surface area contributed by atoms with Crippen LogP contribution < -0.4 is 32.9 Å². The SMILES string of the molecule is CC(O)CC[P+](c1ccccc1)(c1ccccc1)c1ccccc1.[Br-]. The number of hydrogen-bond acceptors (Lipinski definition) is 1. The van der Waals surface area contributed by atoms with Crippen LogP contribution in [0.25, 0.3) is 0 Å². The minimum absolute atomic E-state index is 0. The van der Waals surface area contributed by atoms with E-state index in [9.17, 15) is 5.11 Å². The van der Waals surface area contributed by atoms with Crippen LogP contribution in [0.3, 0.4) is 0 Å². The van der Waals surface area contributed by atoms with Gasteiger partial charge < -0.3 is 22.1 Å². The van der Waals surface area contributed by atoms with Gasteiger partial charge in [0.1, 0.15) is 23.2 Å². The normalized spacial score (nSPS) is 12.2. The van der Waals surface area contributed by atoms with Gasteiger partial charge in [0.05, 0.1) is 12.3 Å². The van der Waals surface area contributed by atoms with Crippen molar-refractivity contribution in [2.45, 2.75) is 19.4 Å². The van der Waals surface area contributed by atoms with Crippen LogP contribution in [0.4, 0.5) is 0 Å². The topological polar surface area (TPSA) is 20.2 Å². The molecule has 1 N–H and O–H groups in total. The molecule has 130 valence electrons. The highest BCUT2D eigenvalue weighted by atomic mass is 79.9. The maximum absolute atomic E-state index is 9.97. The molecule has 0 saturated heterocycles. The van der Waals surface area contributed by atoms with Crippen molar-refractivity contribution in [1.29, 1.82) is 0 Å². The van der Waals surface area contributed by atoms with Crippen LogP contribution in [0.15, 0.2) is 91.0 Å². The Hall–Kier alpha value is -1.47. The van der Waals surface area contributed by atoms with Gasteiger partial charge in [-0.1, -0.05) is 54.6 Å². The smallest absolute Gasteiger partial charge is 0.112 e. The van der Waals surface area contributed by atoms with E-state index in [1.807, 2.05) is 6.92 Å². The molecule has 0 aliphatic carbocycles. The summed E-state index contributed by atoms with van der Waals surface area (Å²) >= 11 is 0. The summed E-state index contributed by atoms with van der Waals surface area (Å²) in [5.41, 5.74) is 0. The van der Waals surface area contributed by atoms with Gasteiger partial charge in [0.2, 0.25) is 0 Å². The molecule has 1 nitrogen and oxygen atoms in total.